The second-order valence-corrected chi connectivity index (χ2v) is 3.88. The summed E-state index contributed by atoms with van der Waals surface area (Å²) in [5.74, 6) is 0. The number of nitrogens with one attached hydrogen (secondary N) is 2. The van der Waals surface area contributed by atoms with Crippen LogP contribution in [0, 0.1) is 0 Å². The standard InChI is InChI=1S/C10H17N3/c1-8(10-6-7-11-13-10)12-9-4-2-3-5-9/h6-9,12H,2-5H2,1H3,(H,11,13). The summed E-state index contributed by atoms with van der Waals surface area (Å²) in [5.41, 5.74) is 1.19. The van der Waals surface area contributed by atoms with E-state index in [-0.39, 0.29) is 0 Å². The second kappa shape index (κ2) is 3.92. The summed E-state index contributed by atoms with van der Waals surface area (Å²) in [6.45, 7) is 2.19. The highest BCUT2D eigenvalue weighted by Gasteiger charge is 2.17. The third kappa shape index (κ3) is 2.10. The Morgan fingerprint density at radius 1 is 1.54 bits per heavy atom. The molecule has 1 aliphatic carbocycles. The van der Waals surface area contributed by atoms with Crippen molar-refractivity contribution in [2.24, 2.45) is 0 Å². The molecule has 0 aliphatic heterocycles. The van der Waals surface area contributed by atoms with Crippen molar-refractivity contribution < 1.29 is 0 Å². The van der Waals surface area contributed by atoms with Gasteiger partial charge in [-0.15, -0.1) is 0 Å². The zero-order valence-electron chi connectivity index (χ0n) is 8.09. The van der Waals surface area contributed by atoms with Gasteiger partial charge in [0.15, 0.2) is 0 Å². The molecule has 0 saturated heterocycles. The fourth-order valence-electron chi connectivity index (χ4n) is 2.04. The number of H-pyrrole nitrogens is 1. The molecular weight excluding hydrogens is 162 g/mol. The number of aromatic amines is 1. The monoisotopic (exact) mass is 179 g/mol. The third-order valence-electron chi connectivity index (χ3n) is 2.83. The maximum atomic E-state index is 3.95. The van der Waals surface area contributed by atoms with Crippen LogP contribution >= 0.6 is 0 Å². The highest BCUT2D eigenvalue weighted by molar-refractivity contribution is 5.03. The summed E-state index contributed by atoms with van der Waals surface area (Å²) in [6, 6.07) is 3.16. The highest BCUT2D eigenvalue weighted by atomic mass is 15.1. The SMILES string of the molecule is CC(NC1CCCC1)c1ccn[nH]1. The normalized spacial score (nSPS) is 20.7. The van der Waals surface area contributed by atoms with Gasteiger partial charge in [-0.25, -0.2) is 0 Å². The van der Waals surface area contributed by atoms with Crippen LogP contribution in [-0.2, 0) is 0 Å². The van der Waals surface area contributed by atoms with Gasteiger partial charge in [-0.05, 0) is 25.8 Å². The van der Waals surface area contributed by atoms with Crippen molar-refractivity contribution >= 4 is 0 Å². The predicted molar refractivity (Wildman–Crippen MR) is 52.4 cm³/mol. The lowest BCUT2D eigenvalue weighted by atomic mass is 10.2. The molecule has 72 valence electrons. The van der Waals surface area contributed by atoms with Crippen molar-refractivity contribution in [3.8, 4) is 0 Å². The summed E-state index contributed by atoms with van der Waals surface area (Å²) in [5, 5.41) is 10.6. The Morgan fingerprint density at radius 3 is 2.92 bits per heavy atom. The zero-order valence-corrected chi connectivity index (χ0v) is 8.09. The van der Waals surface area contributed by atoms with Crippen molar-refractivity contribution in [3.05, 3.63) is 18.0 Å². The average Bonchev–Trinajstić information content (AvgIpc) is 2.74. The largest absolute Gasteiger partial charge is 0.306 e. The molecule has 2 N–H and O–H groups in total. The minimum atomic E-state index is 0.408. The van der Waals surface area contributed by atoms with E-state index in [0.29, 0.717) is 6.04 Å². The molecule has 0 amide bonds. The molecule has 0 aromatic carbocycles. The van der Waals surface area contributed by atoms with Crippen molar-refractivity contribution in [1.29, 1.82) is 0 Å². The van der Waals surface area contributed by atoms with Gasteiger partial charge in [0.05, 0.1) is 5.69 Å². The van der Waals surface area contributed by atoms with E-state index in [1.165, 1.54) is 31.4 Å². The Kier molecular flexibility index (Phi) is 2.64. The van der Waals surface area contributed by atoms with Crippen LogP contribution < -0.4 is 5.32 Å². The summed E-state index contributed by atoms with van der Waals surface area (Å²) in [6.07, 6.45) is 7.24. The number of nitrogens with zero attached hydrogens (tertiary/aromatic N) is 1. The van der Waals surface area contributed by atoms with Gasteiger partial charge in [0.25, 0.3) is 0 Å². The van der Waals surface area contributed by atoms with Gasteiger partial charge in [-0.1, -0.05) is 12.8 Å². The van der Waals surface area contributed by atoms with Crippen LogP contribution in [-0.4, -0.2) is 16.2 Å². The molecule has 2 rings (SSSR count). The van der Waals surface area contributed by atoms with Gasteiger partial charge >= 0.3 is 0 Å². The Hall–Kier alpha value is -0.830. The van der Waals surface area contributed by atoms with Crippen molar-refractivity contribution in [1.82, 2.24) is 15.5 Å². The number of hydrogen-bond donors (Lipinski definition) is 2. The average molecular weight is 179 g/mol. The van der Waals surface area contributed by atoms with Gasteiger partial charge < -0.3 is 5.32 Å². The van der Waals surface area contributed by atoms with E-state index in [4.69, 9.17) is 0 Å². The summed E-state index contributed by atoms with van der Waals surface area (Å²) >= 11 is 0. The summed E-state index contributed by atoms with van der Waals surface area (Å²) in [7, 11) is 0. The van der Waals surface area contributed by atoms with Crippen LogP contribution in [0.3, 0.4) is 0 Å². The lowest BCUT2D eigenvalue weighted by Gasteiger charge is -2.17. The predicted octanol–water partition coefficient (Wildman–Crippen LogP) is 2.00. The number of hydrogen-bond acceptors (Lipinski definition) is 2. The van der Waals surface area contributed by atoms with Crippen molar-refractivity contribution in [2.45, 2.75) is 44.7 Å². The Bertz CT molecular complexity index is 237. The molecule has 1 fully saturated rings. The van der Waals surface area contributed by atoms with E-state index >= 15 is 0 Å². The molecule has 3 heteroatoms. The minimum Gasteiger partial charge on any atom is -0.306 e. The van der Waals surface area contributed by atoms with Crippen LogP contribution in [0.4, 0.5) is 0 Å². The first kappa shape index (κ1) is 8.75. The summed E-state index contributed by atoms with van der Waals surface area (Å²) in [4.78, 5) is 0. The van der Waals surface area contributed by atoms with E-state index in [1.54, 1.807) is 0 Å². The molecule has 1 atom stereocenters. The lowest BCUT2D eigenvalue weighted by Crippen LogP contribution is -2.29. The molecule has 1 heterocycles. The topological polar surface area (TPSA) is 40.7 Å². The molecule has 1 saturated carbocycles. The second-order valence-electron chi connectivity index (χ2n) is 3.88. The van der Waals surface area contributed by atoms with Crippen LogP contribution in [0.25, 0.3) is 0 Å². The molecule has 3 nitrogen and oxygen atoms in total. The molecule has 13 heavy (non-hydrogen) atoms. The van der Waals surface area contributed by atoms with Gasteiger partial charge in [0.2, 0.25) is 0 Å². The Balaban J connectivity index is 1.87. The zero-order chi connectivity index (χ0) is 9.10. The molecule has 1 aromatic rings. The maximum Gasteiger partial charge on any atom is 0.0518 e. The fraction of sp³-hybridized carbons (Fsp3) is 0.700. The van der Waals surface area contributed by atoms with Gasteiger partial charge in [-0.2, -0.15) is 5.10 Å². The fourth-order valence-corrected chi connectivity index (χ4v) is 2.04. The molecule has 1 aromatic heterocycles. The van der Waals surface area contributed by atoms with Gasteiger partial charge in [0.1, 0.15) is 0 Å². The van der Waals surface area contributed by atoms with E-state index in [1.807, 2.05) is 12.3 Å². The highest BCUT2D eigenvalue weighted by Crippen LogP contribution is 2.20. The third-order valence-corrected chi connectivity index (χ3v) is 2.83. The van der Waals surface area contributed by atoms with E-state index < -0.39 is 0 Å². The Morgan fingerprint density at radius 2 is 2.31 bits per heavy atom. The van der Waals surface area contributed by atoms with E-state index in [0.717, 1.165) is 6.04 Å². The number of aromatic nitrogens is 2. The molecule has 0 spiro atoms. The molecule has 1 aliphatic rings. The molecule has 0 radical (unpaired) electrons. The first-order chi connectivity index (χ1) is 6.36. The quantitative estimate of drug-likeness (QED) is 0.745. The lowest BCUT2D eigenvalue weighted by molar-refractivity contribution is 0.454. The van der Waals surface area contributed by atoms with Gasteiger partial charge in [-0.3, -0.25) is 5.10 Å². The first-order valence-electron chi connectivity index (χ1n) is 5.11. The first-order valence-corrected chi connectivity index (χ1v) is 5.11. The van der Waals surface area contributed by atoms with Crippen LogP contribution in [0.5, 0.6) is 0 Å². The smallest absolute Gasteiger partial charge is 0.0518 e. The minimum absolute atomic E-state index is 0.408. The summed E-state index contributed by atoms with van der Waals surface area (Å²) < 4.78 is 0. The molecule has 1 unspecified atom stereocenters. The van der Waals surface area contributed by atoms with E-state index in [9.17, 15) is 0 Å². The van der Waals surface area contributed by atoms with Crippen LogP contribution in [0.1, 0.15) is 44.3 Å². The molecule has 0 bridgehead atoms. The van der Waals surface area contributed by atoms with Crippen LogP contribution in [0.2, 0.25) is 0 Å². The van der Waals surface area contributed by atoms with Crippen molar-refractivity contribution in [2.75, 3.05) is 0 Å². The van der Waals surface area contributed by atoms with Gasteiger partial charge in [0, 0.05) is 18.3 Å². The maximum absolute atomic E-state index is 3.95. The van der Waals surface area contributed by atoms with E-state index in [2.05, 4.69) is 22.4 Å². The molecular formula is C10H17N3. The van der Waals surface area contributed by atoms with Crippen LogP contribution in [0.15, 0.2) is 12.3 Å². The van der Waals surface area contributed by atoms with Crippen molar-refractivity contribution in [3.63, 3.8) is 0 Å². The Labute approximate surface area is 78.9 Å². The number of rotatable bonds is 3.